The fraction of sp³-hybridized carbons (Fsp3) is 0.500. The van der Waals surface area contributed by atoms with Gasteiger partial charge in [0.1, 0.15) is 4.87 Å². The van der Waals surface area contributed by atoms with Crippen LogP contribution in [-0.4, -0.2) is 28.0 Å². The van der Waals surface area contributed by atoms with E-state index in [2.05, 4.69) is 5.10 Å². The van der Waals surface area contributed by atoms with Gasteiger partial charge < -0.3 is 0 Å². The minimum atomic E-state index is -0.744. The van der Waals surface area contributed by atoms with Crippen molar-refractivity contribution >= 4 is 23.7 Å². The van der Waals surface area contributed by atoms with Gasteiger partial charge in [-0.05, 0) is 19.4 Å². The molecule has 2 rings (SSSR count). The van der Waals surface area contributed by atoms with Gasteiger partial charge in [-0.2, -0.15) is 5.10 Å². The normalized spacial score (nSPS) is 39.0. The summed E-state index contributed by atoms with van der Waals surface area (Å²) in [5.74, 6) is -0.103. The Morgan fingerprint density at radius 3 is 3.33 bits per heavy atom. The highest BCUT2D eigenvalue weighted by Gasteiger charge is 2.56. The summed E-state index contributed by atoms with van der Waals surface area (Å²) in [4.78, 5) is 10.6. The van der Waals surface area contributed by atoms with Crippen molar-refractivity contribution < 1.29 is 4.79 Å². The average Bonchev–Trinajstić information content (AvgIpc) is 2.26. The molecule has 12 heavy (non-hydrogen) atoms. The van der Waals surface area contributed by atoms with E-state index < -0.39 is 4.87 Å². The van der Waals surface area contributed by atoms with Gasteiger partial charge in [0.15, 0.2) is 0 Å². The Morgan fingerprint density at radius 2 is 2.58 bits per heavy atom. The highest BCUT2D eigenvalue weighted by Crippen LogP contribution is 2.39. The van der Waals surface area contributed by atoms with E-state index in [0.29, 0.717) is 0 Å². The Hall–Kier alpha value is -0.830. The van der Waals surface area contributed by atoms with Crippen molar-refractivity contribution in [2.75, 3.05) is 0 Å². The molecule has 0 aliphatic carbocycles. The number of hydrogen-bond acceptors (Lipinski definition) is 2. The largest absolute Gasteiger partial charge is 0.271 e. The molecule has 0 saturated carbocycles. The predicted molar refractivity (Wildman–Crippen MR) is 47.1 cm³/mol. The van der Waals surface area contributed by atoms with E-state index in [9.17, 15) is 4.79 Å². The lowest BCUT2D eigenvalue weighted by Crippen LogP contribution is -2.67. The van der Waals surface area contributed by atoms with Gasteiger partial charge in [-0.25, -0.2) is 5.01 Å². The fourth-order valence-corrected chi connectivity index (χ4v) is 1.77. The van der Waals surface area contributed by atoms with Gasteiger partial charge in [0.05, 0.1) is 6.04 Å². The lowest BCUT2D eigenvalue weighted by atomic mass is 9.88. The van der Waals surface area contributed by atoms with Crippen LogP contribution in [0.4, 0.5) is 0 Å². The number of carbonyl (C=O) groups is 1. The number of hydrogen-bond donors (Lipinski definition) is 0. The standard InChI is InChI=1S/C8H9ClN2O/c1-8(9)6-4-2-3-5-10-11(6)7(8)12/h2-3,5-6H,4H2,1H3. The maximum absolute atomic E-state index is 11.3. The number of rotatable bonds is 0. The van der Waals surface area contributed by atoms with Crippen LogP contribution in [0.1, 0.15) is 13.3 Å². The molecular weight excluding hydrogens is 176 g/mol. The summed E-state index contributed by atoms with van der Waals surface area (Å²) in [6.45, 7) is 1.74. The first-order chi connectivity index (χ1) is 5.64. The molecule has 4 heteroatoms. The molecule has 2 aliphatic heterocycles. The van der Waals surface area contributed by atoms with Crippen LogP contribution in [0, 0.1) is 0 Å². The van der Waals surface area contributed by atoms with E-state index in [1.165, 1.54) is 5.01 Å². The Bertz CT molecular complexity index is 283. The lowest BCUT2D eigenvalue weighted by molar-refractivity contribution is -0.151. The van der Waals surface area contributed by atoms with Crippen LogP contribution in [0.5, 0.6) is 0 Å². The van der Waals surface area contributed by atoms with E-state index in [4.69, 9.17) is 11.6 Å². The van der Waals surface area contributed by atoms with Gasteiger partial charge in [0.25, 0.3) is 5.91 Å². The number of amides is 1. The molecule has 0 bridgehead atoms. The third-order valence-electron chi connectivity index (χ3n) is 2.32. The first-order valence-electron chi connectivity index (χ1n) is 3.85. The zero-order chi connectivity index (χ0) is 8.77. The zero-order valence-corrected chi connectivity index (χ0v) is 7.45. The first kappa shape index (κ1) is 7.80. The smallest absolute Gasteiger partial charge is 0.266 e. The molecule has 1 amide bonds. The van der Waals surface area contributed by atoms with Gasteiger partial charge in [0, 0.05) is 6.21 Å². The maximum Gasteiger partial charge on any atom is 0.266 e. The summed E-state index contributed by atoms with van der Waals surface area (Å²) in [5, 5.41) is 5.41. The molecule has 0 aromatic carbocycles. The van der Waals surface area contributed by atoms with Gasteiger partial charge in [-0.1, -0.05) is 6.08 Å². The quantitative estimate of drug-likeness (QED) is 0.411. The van der Waals surface area contributed by atoms with Crippen LogP contribution in [0.2, 0.25) is 0 Å². The summed E-state index contributed by atoms with van der Waals surface area (Å²) >= 11 is 6.00. The van der Waals surface area contributed by atoms with Gasteiger partial charge >= 0.3 is 0 Å². The number of β-lactam (4-membered cyclic amide) rings is 1. The summed E-state index contributed by atoms with van der Waals surface area (Å²) in [5.41, 5.74) is 0. The molecule has 0 spiro atoms. The second kappa shape index (κ2) is 2.33. The Kier molecular flexibility index (Phi) is 1.51. The van der Waals surface area contributed by atoms with Gasteiger partial charge in [-0.15, -0.1) is 11.6 Å². The Balaban J connectivity index is 2.27. The number of allylic oxidation sites excluding steroid dienone is 1. The molecule has 64 valence electrons. The topological polar surface area (TPSA) is 32.7 Å². The van der Waals surface area contributed by atoms with Crippen molar-refractivity contribution in [3.05, 3.63) is 12.2 Å². The number of hydrazone groups is 1. The first-order valence-corrected chi connectivity index (χ1v) is 4.23. The highest BCUT2D eigenvalue weighted by molar-refractivity contribution is 6.37. The molecule has 0 radical (unpaired) electrons. The second-order valence-electron chi connectivity index (χ2n) is 3.17. The van der Waals surface area contributed by atoms with E-state index >= 15 is 0 Å². The Morgan fingerprint density at radius 1 is 1.83 bits per heavy atom. The Labute approximate surface area is 75.7 Å². The maximum atomic E-state index is 11.3. The van der Waals surface area contributed by atoms with Crippen molar-refractivity contribution in [3.63, 3.8) is 0 Å². The highest BCUT2D eigenvalue weighted by atomic mass is 35.5. The zero-order valence-electron chi connectivity index (χ0n) is 6.70. The number of fused-ring (bicyclic) bond motifs is 1. The molecule has 0 N–H and O–H groups in total. The van der Waals surface area contributed by atoms with E-state index in [-0.39, 0.29) is 11.9 Å². The van der Waals surface area contributed by atoms with E-state index in [1.807, 2.05) is 12.2 Å². The van der Waals surface area contributed by atoms with Crippen LogP contribution in [-0.2, 0) is 4.79 Å². The van der Waals surface area contributed by atoms with Crippen molar-refractivity contribution in [3.8, 4) is 0 Å². The monoisotopic (exact) mass is 184 g/mol. The molecule has 3 nitrogen and oxygen atoms in total. The van der Waals surface area contributed by atoms with Crippen LogP contribution >= 0.6 is 11.6 Å². The SMILES string of the molecule is CC1(Cl)C(=O)N2N=CC=CCC21. The third-order valence-corrected chi connectivity index (χ3v) is 2.73. The summed E-state index contributed by atoms with van der Waals surface area (Å²) in [6, 6.07) is 0.0293. The van der Waals surface area contributed by atoms with Crippen molar-refractivity contribution in [2.45, 2.75) is 24.3 Å². The van der Waals surface area contributed by atoms with E-state index in [0.717, 1.165) is 6.42 Å². The molecule has 2 unspecified atom stereocenters. The van der Waals surface area contributed by atoms with Gasteiger partial charge in [-0.3, -0.25) is 4.79 Å². The molecule has 0 aromatic rings. The number of carbonyl (C=O) groups excluding carboxylic acids is 1. The third kappa shape index (κ3) is 0.829. The molecule has 1 saturated heterocycles. The number of alkyl halides is 1. The lowest BCUT2D eigenvalue weighted by Gasteiger charge is -2.46. The van der Waals surface area contributed by atoms with Crippen LogP contribution in [0.25, 0.3) is 0 Å². The summed E-state index contributed by atoms with van der Waals surface area (Å²) < 4.78 is 0. The van der Waals surface area contributed by atoms with Crippen molar-refractivity contribution in [2.24, 2.45) is 5.10 Å². The number of halogens is 1. The molecule has 2 atom stereocenters. The minimum absolute atomic E-state index is 0.0293. The van der Waals surface area contributed by atoms with Gasteiger partial charge in [0.2, 0.25) is 0 Å². The molecule has 2 heterocycles. The molecule has 2 aliphatic rings. The second-order valence-corrected chi connectivity index (χ2v) is 3.95. The average molecular weight is 185 g/mol. The van der Waals surface area contributed by atoms with Crippen molar-refractivity contribution in [1.29, 1.82) is 0 Å². The summed E-state index contributed by atoms with van der Waals surface area (Å²) in [7, 11) is 0. The predicted octanol–water partition coefficient (Wildman–Crippen LogP) is 1.14. The van der Waals surface area contributed by atoms with Crippen LogP contribution in [0.3, 0.4) is 0 Å². The molecule has 1 fully saturated rings. The summed E-state index contributed by atoms with van der Waals surface area (Å²) in [6.07, 6.45) is 6.20. The van der Waals surface area contributed by atoms with E-state index in [1.54, 1.807) is 13.1 Å². The fourth-order valence-electron chi connectivity index (χ4n) is 1.50. The molecule has 0 aromatic heterocycles. The van der Waals surface area contributed by atoms with Crippen LogP contribution < -0.4 is 0 Å². The molecular formula is C8H9ClN2O. The number of nitrogens with zero attached hydrogens (tertiary/aromatic N) is 2. The van der Waals surface area contributed by atoms with Crippen molar-refractivity contribution in [1.82, 2.24) is 5.01 Å². The minimum Gasteiger partial charge on any atom is -0.271 e. The van der Waals surface area contributed by atoms with Crippen LogP contribution in [0.15, 0.2) is 17.3 Å².